The molecule has 3 nitrogen and oxygen atoms in total. The van der Waals surface area contributed by atoms with Crippen LogP contribution in [0.15, 0.2) is 23.5 Å². The minimum Gasteiger partial charge on any atom is -0.512 e. The van der Waals surface area contributed by atoms with Crippen molar-refractivity contribution in [3.63, 3.8) is 0 Å². The smallest absolute Gasteiger partial charge is 0.307 e. The van der Waals surface area contributed by atoms with E-state index in [4.69, 9.17) is 5.11 Å². The van der Waals surface area contributed by atoms with Crippen LogP contribution in [0.1, 0.15) is 40.5 Å². The van der Waals surface area contributed by atoms with Gasteiger partial charge >= 0.3 is 5.97 Å². The monoisotopic (exact) mass is 224 g/mol. The molecule has 0 fully saturated rings. The highest BCUT2D eigenvalue weighted by Gasteiger charge is 2.42. The average Bonchev–Trinajstić information content (AvgIpc) is 2.08. The Morgan fingerprint density at radius 1 is 1.44 bits per heavy atom. The van der Waals surface area contributed by atoms with Gasteiger partial charge in [0.1, 0.15) is 0 Å². The first-order valence-electron chi connectivity index (χ1n) is 5.48. The van der Waals surface area contributed by atoms with Crippen LogP contribution in [0.2, 0.25) is 0 Å². The summed E-state index contributed by atoms with van der Waals surface area (Å²) < 4.78 is 0. The van der Waals surface area contributed by atoms with Crippen molar-refractivity contribution in [1.29, 1.82) is 0 Å². The van der Waals surface area contributed by atoms with Crippen molar-refractivity contribution < 1.29 is 15.0 Å². The molecule has 1 atom stereocenters. The number of hydrogen-bond acceptors (Lipinski definition) is 2. The first-order chi connectivity index (χ1) is 7.17. The minimum absolute atomic E-state index is 0.0510. The average molecular weight is 224 g/mol. The molecule has 0 aliphatic heterocycles. The third-order valence-electron chi connectivity index (χ3n) is 3.66. The Kier molecular flexibility index (Phi) is 3.17. The fourth-order valence-electron chi connectivity index (χ4n) is 1.95. The Hall–Kier alpha value is -1.25. The first kappa shape index (κ1) is 12.8. The molecule has 0 spiro atoms. The molecule has 0 aromatic heterocycles. The Morgan fingerprint density at radius 3 is 2.44 bits per heavy atom. The Labute approximate surface area is 96.5 Å². The summed E-state index contributed by atoms with van der Waals surface area (Å²) in [6, 6.07) is 0. The van der Waals surface area contributed by atoms with Gasteiger partial charge in [-0.2, -0.15) is 0 Å². The van der Waals surface area contributed by atoms with Gasteiger partial charge in [-0.1, -0.05) is 39.3 Å². The van der Waals surface area contributed by atoms with Crippen LogP contribution in [-0.4, -0.2) is 16.2 Å². The van der Waals surface area contributed by atoms with E-state index in [0.29, 0.717) is 12.2 Å². The maximum Gasteiger partial charge on any atom is 0.307 e. The molecule has 1 aliphatic carbocycles. The quantitative estimate of drug-likeness (QED) is 0.756. The maximum atomic E-state index is 10.7. The van der Waals surface area contributed by atoms with Gasteiger partial charge in [0.15, 0.2) is 0 Å². The van der Waals surface area contributed by atoms with Crippen LogP contribution in [-0.2, 0) is 4.79 Å². The van der Waals surface area contributed by atoms with Crippen LogP contribution in [0, 0.1) is 10.8 Å². The van der Waals surface area contributed by atoms with E-state index >= 15 is 0 Å². The zero-order chi connectivity index (χ0) is 12.6. The van der Waals surface area contributed by atoms with Crippen LogP contribution in [0.3, 0.4) is 0 Å². The van der Waals surface area contributed by atoms with E-state index in [1.807, 2.05) is 6.92 Å². The fraction of sp³-hybridized carbons (Fsp3) is 0.615. The molecular formula is C13H20O3. The van der Waals surface area contributed by atoms with Gasteiger partial charge in [-0.15, -0.1) is 0 Å². The van der Waals surface area contributed by atoms with E-state index in [-0.39, 0.29) is 17.3 Å². The van der Waals surface area contributed by atoms with Crippen molar-refractivity contribution in [2.75, 3.05) is 0 Å². The van der Waals surface area contributed by atoms with E-state index in [2.05, 4.69) is 20.8 Å². The Bertz CT molecular complexity index is 358. The van der Waals surface area contributed by atoms with Crippen LogP contribution in [0.25, 0.3) is 0 Å². The molecule has 16 heavy (non-hydrogen) atoms. The second-order valence-corrected chi connectivity index (χ2v) is 5.71. The lowest BCUT2D eigenvalue weighted by atomic mass is 9.62. The topological polar surface area (TPSA) is 57.5 Å². The van der Waals surface area contributed by atoms with Crippen LogP contribution in [0.4, 0.5) is 0 Å². The highest BCUT2D eigenvalue weighted by atomic mass is 16.4. The highest BCUT2D eigenvalue weighted by Crippen LogP contribution is 2.49. The Morgan fingerprint density at radius 2 is 2.00 bits per heavy atom. The molecule has 0 saturated heterocycles. The second-order valence-electron chi connectivity index (χ2n) is 5.71. The molecule has 0 bridgehead atoms. The first-order valence-corrected chi connectivity index (χ1v) is 5.48. The van der Waals surface area contributed by atoms with E-state index in [1.54, 1.807) is 12.2 Å². The molecule has 1 rings (SSSR count). The standard InChI is InChI=1S/C13H20O3/c1-12(2,3)13(4)8-9(7-11(15)16)5-6-10(13)14/h5-6,14H,7-8H2,1-4H3,(H,15,16). The van der Waals surface area contributed by atoms with Gasteiger partial charge in [-0.25, -0.2) is 0 Å². The summed E-state index contributed by atoms with van der Waals surface area (Å²) in [5.74, 6) is -0.480. The molecule has 0 aromatic carbocycles. The molecule has 3 heteroatoms. The summed E-state index contributed by atoms with van der Waals surface area (Å²) in [6.07, 6.45) is 4.00. The summed E-state index contributed by atoms with van der Waals surface area (Å²) in [5.41, 5.74) is 0.376. The lowest BCUT2D eigenvalue weighted by molar-refractivity contribution is -0.136. The van der Waals surface area contributed by atoms with Crippen molar-refractivity contribution in [3.05, 3.63) is 23.5 Å². The molecule has 0 heterocycles. The highest BCUT2D eigenvalue weighted by molar-refractivity contribution is 5.70. The lowest BCUT2D eigenvalue weighted by Crippen LogP contribution is -2.36. The summed E-state index contributed by atoms with van der Waals surface area (Å²) in [5, 5.41) is 18.8. The predicted molar refractivity (Wildman–Crippen MR) is 63.2 cm³/mol. The molecule has 0 amide bonds. The molecule has 0 radical (unpaired) electrons. The summed E-state index contributed by atoms with van der Waals surface area (Å²) in [6.45, 7) is 8.15. The zero-order valence-electron chi connectivity index (χ0n) is 10.4. The van der Waals surface area contributed by atoms with Gasteiger partial charge in [-0.3, -0.25) is 4.79 Å². The van der Waals surface area contributed by atoms with E-state index < -0.39 is 5.97 Å². The lowest BCUT2D eigenvalue weighted by Gasteiger charge is -2.43. The molecule has 1 aliphatic rings. The minimum atomic E-state index is -0.822. The summed E-state index contributed by atoms with van der Waals surface area (Å²) >= 11 is 0. The third-order valence-corrected chi connectivity index (χ3v) is 3.66. The number of carboxylic acid groups (broad SMARTS) is 1. The molecular weight excluding hydrogens is 204 g/mol. The number of aliphatic carboxylic acids is 1. The maximum absolute atomic E-state index is 10.7. The number of aliphatic hydroxyl groups is 1. The van der Waals surface area contributed by atoms with Crippen molar-refractivity contribution in [3.8, 4) is 0 Å². The third kappa shape index (κ3) is 2.29. The van der Waals surface area contributed by atoms with Gasteiger partial charge in [0.25, 0.3) is 0 Å². The van der Waals surface area contributed by atoms with Crippen LogP contribution >= 0.6 is 0 Å². The van der Waals surface area contributed by atoms with E-state index in [9.17, 15) is 9.90 Å². The SMILES string of the molecule is CC(C)(C)C1(C)CC(CC(=O)O)=CC=C1O. The largest absolute Gasteiger partial charge is 0.512 e. The van der Waals surface area contributed by atoms with Crippen molar-refractivity contribution in [1.82, 2.24) is 0 Å². The molecule has 2 N–H and O–H groups in total. The number of rotatable bonds is 2. The normalized spacial score (nSPS) is 26.0. The molecule has 0 saturated carbocycles. The molecule has 0 aromatic rings. The van der Waals surface area contributed by atoms with Gasteiger partial charge < -0.3 is 10.2 Å². The summed E-state index contributed by atoms with van der Waals surface area (Å²) in [4.78, 5) is 10.7. The van der Waals surface area contributed by atoms with Crippen LogP contribution in [0.5, 0.6) is 0 Å². The predicted octanol–water partition coefficient (Wildman–Crippen LogP) is 3.29. The number of aliphatic hydroxyl groups excluding tert-OH is 1. The zero-order valence-corrected chi connectivity index (χ0v) is 10.4. The molecule has 1 unspecified atom stereocenters. The number of carboxylic acids is 1. The van der Waals surface area contributed by atoms with Crippen molar-refractivity contribution in [2.24, 2.45) is 10.8 Å². The van der Waals surface area contributed by atoms with Crippen LogP contribution < -0.4 is 0 Å². The Balaban J connectivity index is 2.99. The van der Waals surface area contributed by atoms with Gasteiger partial charge in [-0.05, 0) is 17.9 Å². The number of hydrogen-bond donors (Lipinski definition) is 2. The fourth-order valence-corrected chi connectivity index (χ4v) is 1.95. The molecule has 90 valence electrons. The van der Waals surface area contributed by atoms with Crippen molar-refractivity contribution >= 4 is 5.97 Å². The van der Waals surface area contributed by atoms with Crippen molar-refractivity contribution in [2.45, 2.75) is 40.5 Å². The van der Waals surface area contributed by atoms with E-state index in [0.717, 1.165) is 5.57 Å². The number of carbonyl (C=O) groups is 1. The number of allylic oxidation sites excluding steroid dienone is 3. The van der Waals surface area contributed by atoms with Gasteiger partial charge in [0, 0.05) is 5.41 Å². The van der Waals surface area contributed by atoms with Gasteiger partial charge in [0.2, 0.25) is 0 Å². The van der Waals surface area contributed by atoms with Gasteiger partial charge in [0.05, 0.1) is 12.2 Å². The second kappa shape index (κ2) is 3.96. The summed E-state index contributed by atoms with van der Waals surface area (Å²) in [7, 11) is 0. The van der Waals surface area contributed by atoms with E-state index in [1.165, 1.54) is 0 Å².